The van der Waals surface area contributed by atoms with Crippen LogP contribution >= 0.6 is 32.9 Å². The quantitative estimate of drug-likeness (QED) is 0.445. The number of para-hydroxylation sites is 1. The van der Waals surface area contributed by atoms with E-state index in [1.54, 1.807) is 11.3 Å². The van der Waals surface area contributed by atoms with Gasteiger partial charge in [-0.3, -0.25) is 0 Å². The third kappa shape index (κ3) is 1.66. The smallest absolute Gasteiger partial charge is 0.152 e. The Bertz CT molecular complexity index is 438. The van der Waals surface area contributed by atoms with Crippen molar-refractivity contribution in [3.63, 3.8) is 0 Å². The summed E-state index contributed by atoms with van der Waals surface area (Å²) in [6.07, 6.45) is 0. The van der Waals surface area contributed by atoms with Gasteiger partial charge in [-0.05, 0) is 12.1 Å². The molecule has 2 nitrogen and oxygen atoms in total. The molecule has 1 aromatic heterocycles. The van der Waals surface area contributed by atoms with Crippen LogP contribution in [0.1, 0.15) is 0 Å². The summed E-state index contributed by atoms with van der Waals surface area (Å²) in [6.45, 7) is 0. The molecular weight excluding hydrogens is 220 g/mol. The summed E-state index contributed by atoms with van der Waals surface area (Å²) in [5.41, 5.74) is 0.958. The van der Waals surface area contributed by atoms with E-state index in [-0.39, 0.29) is 0 Å². The second-order valence-corrected chi connectivity index (χ2v) is 6.16. The Kier molecular flexibility index (Phi) is 2.44. The molecule has 66 valence electrons. The number of nitrogens with zero attached hydrogens (tertiary/aromatic N) is 2. The van der Waals surface area contributed by atoms with Crippen LogP contribution in [0.2, 0.25) is 0 Å². The minimum absolute atomic E-state index is 0.835. The molecule has 0 amide bonds. The van der Waals surface area contributed by atoms with Crippen LogP contribution in [0.4, 0.5) is 0 Å². The fraction of sp³-hybridized carbons (Fsp3) is 0. The Morgan fingerprint density at radius 2 is 2.23 bits per heavy atom. The number of hydrogen-bond donors (Lipinski definition) is 2. The Morgan fingerprint density at radius 3 is 2.92 bits per heavy atom. The first-order valence-electron chi connectivity index (χ1n) is 3.55. The molecule has 13 heavy (non-hydrogen) atoms. The molecule has 0 bridgehead atoms. The van der Waals surface area contributed by atoms with Crippen LogP contribution in [0.25, 0.3) is 10.2 Å². The van der Waals surface area contributed by atoms with Crippen LogP contribution < -0.4 is 0 Å². The second kappa shape index (κ2) is 3.58. The van der Waals surface area contributed by atoms with Gasteiger partial charge in [0.1, 0.15) is 5.40 Å². The highest BCUT2D eigenvalue weighted by Crippen LogP contribution is 2.42. The number of aromatic nitrogens is 1. The van der Waals surface area contributed by atoms with E-state index in [0.29, 0.717) is 0 Å². The number of thiocyanates is 1. The van der Waals surface area contributed by atoms with Gasteiger partial charge >= 0.3 is 0 Å². The molecule has 2 aromatic rings. The molecule has 0 aliphatic rings. The molecule has 0 spiro atoms. The van der Waals surface area contributed by atoms with Gasteiger partial charge in [-0.1, -0.05) is 22.1 Å². The van der Waals surface area contributed by atoms with Crippen LogP contribution in [-0.2, 0) is 0 Å². The fourth-order valence-electron chi connectivity index (χ4n) is 0.993. The monoisotopic (exact) mass is 226 g/mol. The number of benzene rings is 1. The number of thiol groups is 2. The molecule has 1 aromatic carbocycles. The molecule has 0 N–H and O–H groups in total. The predicted molar refractivity (Wildman–Crippen MR) is 61.5 cm³/mol. The first-order chi connectivity index (χ1) is 6.31. The van der Waals surface area contributed by atoms with Crippen molar-refractivity contribution in [1.29, 1.82) is 5.26 Å². The maximum atomic E-state index is 8.68. The highest BCUT2D eigenvalue weighted by molar-refractivity contribution is 8.80. The van der Waals surface area contributed by atoms with E-state index in [2.05, 4.69) is 22.0 Å². The van der Waals surface area contributed by atoms with E-state index in [1.165, 1.54) is 0 Å². The maximum Gasteiger partial charge on any atom is 0.152 e. The Balaban J connectivity index is 2.57. The highest BCUT2D eigenvalue weighted by atomic mass is 33.1. The first-order valence-corrected chi connectivity index (χ1v) is 6.86. The van der Waals surface area contributed by atoms with Crippen molar-refractivity contribution in [2.45, 2.75) is 4.34 Å². The molecule has 0 aliphatic carbocycles. The largest absolute Gasteiger partial charge is 0.230 e. The molecule has 2 rings (SSSR count). The van der Waals surface area contributed by atoms with Crippen LogP contribution in [0.3, 0.4) is 0 Å². The van der Waals surface area contributed by atoms with E-state index in [4.69, 9.17) is 5.26 Å². The number of rotatable bonds is 1. The summed E-state index contributed by atoms with van der Waals surface area (Å²) in [5, 5.41) is 10.8. The van der Waals surface area contributed by atoms with E-state index >= 15 is 0 Å². The van der Waals surface area contributed by atoms with E-state index in [1.807, 2.05) is 24.3 Å². The first kappa shape index (κ1) is 8.88. The van der Waals surface area contributed by atoms with Crippen molar-refractivity contribution >= 4 is 43.1 Å². The summed E-state index contributed by atoms with van der Waals surface area (Å²) in [4.78, 5) is 4.33. The molecule has 0 saturated heterocycles. The van der Waals surface area contributed by atoms with Gasteiger partial charge in [0.2, 0.25) is 0 Å². The average Bonchev–Trinajstić information content (AvgIpc) is 2.59. The predicted octanol–water partition coefficient (Wildman–Crippen LogP) is 2.98. The van der Waals surface area contributed by atoms with Crippen molar-refractivity contribution in [2.75, 3.05) is 0 Å². The topological polar surface area (TPSA) is 36.7 Å². The zero-order valence-corrected chi connectivity index (χ0v) is 9.11. The molecule has 1 heterocycles. The zero-order chi connectivity index (χ0) is 9.26. The summed E-state index contributed by atoms with van der Waals surface area (Å²) in [6, 6.07) is 7.87. The van der Waals surface area contributed by atoms with E-state index in [0.717, 1.165) is 14.6 Å². The van der Waals surface area contributed by atoms with Gasteiger partial charge in [0, 0.05) is 0 Å². The number of hydrogen-bond acceptors (Lipinski definition) is 4. The summed E-state index contributed by atoms with van der Waals surface area (Å²) >= 11 is 5.73. The van der Waals surface area contributed by atoms with Gasteiger partial charge in [-0.15, -0.1) is 23.0 Å². The normalized spacial score (nSPS) is 14.0. The molecule has 0 radical (unpaired) electrons. The minimum Gasteiger partial charge on any atom is -0.230 e. The molecule has 0 fully saturated rings. The van der Waals surface area contributed by atoms with Gasteiger partial charge in [0.05, 0.1) is 10.2 Å². The van der Waals surface area contributed by atoms with Crippen LogP contribution in [0.5, 0.6) is 0 Å². The van der Waals surface area contributed by atoms with Crippen molar-refractivity contribution in [2.24, 2.45) is 0 Å². The minimum atomic E-state index is -1.01. The number of thiazole rings is 1. The zero-order valence-electron chi connectivity index (χ0n) is 6.51. The van der Waals surface area contributed by atoms with Crippen molar-refractivity contribution in [3.05, 3.63) is 24.3 Å². The van der Waals surface area contributed by atoms with Crippen LogP contribution in [0, 0.1) is 10.7 Å². The lowest BCUT2D eigenvalue weighted by atomic mass is 10.3. The maximum absolute atomic E-state index is 8.68. The molecule has 1 unspecified atom stereocenters. The SMILES string of the molecule is N#C[SH](S)c1nc2ccccc2s1. The summed E-state index contributed by atoms with van der Waals surface area (Å²) in [7, 11) is -1.01. The third-order valence-electron chi connectivity index (χ3n) is 1.56. The third-order valence-corrected chi connectivity index (χ3v) is 5.11. The van der Waals surface area contributed by atoms with Gasteiger partial charge in [0.25, 0.3) is 0 Å². The average molecular weight is 226 g/mol. The van der Waals surface area contributed by atoms with Crippen molar-refractivity contribution < 1.29 is 0 Å². The van der Waals surface area contributed by atoms with E-state index < -0.39 is 9.93 Å². The van der Waals surface area contributed by atoms with Gasteiger partial charge in [0.15, 0.2) is 4.34 Å². The van der Waals surface area contributed by atoms with Crippen molar-refractivity contribution in [3.8, 4) is 5.40 Å². The molecule has 5 heteroatoms. The van der Waals surface area contributed by atoms with Crippen LogP contribution in [-0.4, -0.2) is 4.98 Å². The van der Waals surface area contributed by atoms with Gasteiger partial charge in [-0.2, -0.15) is 5.26 Å². The number of nitriles is 1. The standard InChI is InChI=1S/C8H6N2S3/c9-5-13(11)8-10-6-3-1-2-4-7(6)12-8/h1-4,11,13H. The summed E-state index contributed by atoms with van der Waals surface area (Å²) < 4.78 is 1.95. The fourth-order valence-corrected chi connectivity index (χ4v) is 3.25. The van der Waals surface area contributed by atoms with Crippen LogP contribution in [0.15, 0.2) is 28.6 Å². The summed E-state index contributed by atoms with van der Waals surface area (Å²) in [5.74, 6) is 0. The lowest BCUT2D eigenvalue weighted by molar-refractivity contribution is 1.31. The second-order valence-electron chi connectivity index (χ2n) is 2.38. The van der Waals surface area contributed by atoms with E-state index in [9.17, 15) is 0 Å². The lowest BCUT2D eigenvalue weighted by Crippen LogP contribution is -1.68. The molecule has 1 atom stereocenters. The van der Waals surface area contributed by atoms with Gasteiger partial charge < -0.3 is 0 Å². The Hall–Kier alpha value is -0.700. The Morgan fingerprint density at radius 1 is 1.46 bits per heavy atom. The number of fused-ring (bicyclic) bond motifs is 1. The van der Waals surface area contributed by atoms with Gasteiger partial charge in [-0.25, -0.2) is 4.98 Å². The Labute approximate surface area is 87.4 Å². The molecule has 0 saturated carbocycles. The molecule has 0 aliphatic heterocycles. The molecular formula is C8H6N2S3. The highest BCUT2D eigenvalue weighted by Gasteiger charge is 2.06. The van der Waals surface area contributed by atoms with Crippen molar-refractivity contribution in [1.82, 2.24) is 4.98 Å². The lowest BCUT2D eigenvalue weighted by Gasteiger charge is -1.95.